The molecule has 0 saturated carbocycles. The summed E-state index contributed by atoms with van der Waals surface area (Å²) in [6, 6.07) is 13.4. The lowest BCUT2D eigenvalue weighted by atomic mass is 10.0. The largest absolute Gasteiger partial charge is 0.478 e. The summed E-state index contributed by atoms with van der Waals surface area (Å²) >= 11 is 0. The van der Waals surface area contributed by atoms with Gasteiger partial charge in [0.1, 0.15) is 0 Å². The highest BCUT2D eigenvalue weighted by atomic mass is 16.4. The molecule has 0 aromatic heterocycles. The zero-order valence-corrected chi connectivity index (χ0v) is 16.8. The van der Waals surface area contributed by atoms with Gasteiger partial charge in [0.2, 0.25) is 0 Å². The van der Waals surface area contributed by atoms with Crippen molar-refractivity contribution in [2.24, 2.45) is 0 Å². The summed E-state index contributed by atoms with van der Waals surface area (Å²) in [5.41, 5.74) is 5.07. The first-order chi connectivity index (χ1) is 14.0. The van der Waals surface area contributed by atoms with Crippen LogP contribution in [-0.4, -0.2) is 66.7 Å². The molecule has 0 spiro atoms. The van der Waals surface area contributed by atoms with Crippen LogP contribution in [0.5, 0.6) is 0 Å². The van der Waals surface area contributed by atoms with E-state index in [0.717, 1.165) is 43.6 Å². The van der Waals surface area contributed by atoms with E-state index in [1.807, 2.05) is 21.9 Å². The van der Waals surface area contributed by atoms with Crippen LogP contribution in [0.1, 0.15) is 27.0 Å². The Bertz CT molecular complexity index is 910. The SMILES string of the molecule is CN1CCc2ccc(N3CCN(CCc4ccc(C(=O)O)cc4)C3=O)cc2CC1. The van der Waals surface area contributed by atoms with Crippen LogP contribution in [0.15, 0.2) is 42.5 Å². The van der Waals surface area contributed by atoms with E-state index in [1.165, 1.54) is 11.1 Å². The van der Waals surface area contributed by atoms with Crippen molar-refractivity contribution in [2.75, 3.05) is 44.7 Å². The molecule has 0 aliphatic carbocycles. The molecule has 152 valence electrons. The Morgan fingerprint density at radius 3 is 2.41 bits per heavy atom. The molecule has 1 fully saturated rings. The quantitative estimate of drug-likeness (QED) is 0.848. The minimum Gasteiger partial charge on any atom is -0.478 e. The van der Waals surface area contributed by atoms with Gasteiger partial charge in [0.25, 0.3) is 0 Å². The zero-order valence-electron chi connectivity index (χ0n) is 16.8. The molecule has 0 unspecified atom stereocenters. The van der Waals surface area contributed by atoms with Crippen molar-refractivity contribution >= 4 is 17.7 Å². The van der Waals surface area contributed by atoms with Crippen LogP contribution in [-0.2, 0) is 19.3 Å². The first-order valence-electron chi connectivity index (χ1n) is 10.2. The topological polar surface area (TPSA) is 64.1 Å². The summed E-state index contributed by atoms with van der Waals surface area (Å²) in [7, 11) is 2.16. The van der Waals surface area contributed by atoms with Gasteiger partial charge in [0.15, 0.2) is 0 Å². The molecule has 4 rings (SSSR count). The number of carbonyl (C=O) groups is 2. The Morgan fingerprint density at radius 2 is 1.69 bits per heavy atom. The van der Waals surface area contributed by atoms with Gasteiger partial charge in [0, 0.05) is 38.4 Å². The zero-order chi connectivity index (χ0) is 20.4. The molecule has 0 radical (unpaired) electrons. The van der Waals surface area contributed by atoms with Gasteiger partial charge in [-0.1, -0.05) is 18.2 Å². The van der Waals surface area contributed by atoms with Crippen LogP contribution in [0.2, 0.25) is 0 Å². The summed E-state index contributed by atoms with van der Waals surface area (Å²) < 4.78 is 0. The number of carboxylic acids is 1. The first kappa shape index (κ1) is 19.5. The van der Waals surface area contributed by atoms with Crippen molar-refractivity contribution in [1.29, 1.82) is 0 Å². The standard InChI is InChI=1S/C23H27N3O3/c1-24-11-9-18-6-7-21(16-20(18)10-12-24)26-15-14-25(23(26)29)13-8-17-2-4-19(5-3-17)22(27)28/h2-7,16H,8-15H2,1H3,(H,27,28). The number of rotatable bonds is 5. The lowest BCUT2D eigenvalue weighted by Gasteiger charge is -2.20. The number of amides is 2. The fourth-order valence-corrected chi connectivity index (χ4v) is 4.10. The minimum atomic E-state index is -0.922. The summed E-state index contributed by atoms with van der Waals surface area (Å²) in [6.45, 7) is 4.19. The lowest BCUT2D eigenvalue weighted by Crippen LogP contribution is -2.33. The van der Waals surface area contributed by atoms with E-state index in [1.54, 1.807) is 12.1 Å². The van der Waals surface area contributed by atoms with Crippen molar-refractivity contribution in [3.63, 3.8) is 0 Å². The number of hydrogen-bond acceptors (Lipinski definition) is 3. The average molecular weight is 393 g/mol. The van der Waals surface area contributed by atoms with Gasteiger partial charge >= 0.3 is 12.0 Å². The summed E-state index contributed by atoms with van der Waals surface area (Å²) in [4.78, 5) is 30.0. The van der Waals surface area contributed by atoms with E-state index in [2.05, 4.69) is 30.1 Å². The smallest absolute Gasteiger partial charge is 0.335 e. The van der Waals surface area contributed by atoms with E-state index in [9.17, 15) is 9.59 Å². The summed E-state index contributed by atoms with van der Waals surface area (Å²) in [5, 5.41) is 8.99. The van der Waals surface area contributed by atoms with E-state index >= 15 is 0 Å². The number of carboxylic acid groups (broad SMARTS) is 1. The van der Waals surface area contributed by atoms with Crippen LogP contribution in [0.3, 0.4) is 0 Å². The summed E-state index contributed by atoms with van der Waals surface area (Å²) in [6.07, 6.45) is 2.81. The van der Waals surface area contributed by atoms with Crippen LogP contribution in [0.4, 0.5) is 10.5 Å². The van der Waals surface area contributed by atoms with E-state index in [4.69, 9.17) is 5.11 Å². The molecule has 2 aliphatic rings. The maximum absolute atomic E-state index is 12.9. The highest BCUT2D eigenvalue weighted by molar-refractivity contribution is 5.94. The van der Waals surface area contributed by atoms with Gasteiger partial charge in [0.05, 0.1) is 5.56 Å². The second-order valence-electron chi connectivity index (χ2n) is 7.93. The Labute approximate surface area is 171 Å². The first-order valence-corrected chi connectivity index (χ1v) is 10.2. The third-order valence-electron chi connectivity index (χ3n) is 5.99. The van der Waals surface area contributed by atoms with E-state index in [0.29, 0.717) is 19.6 Å². The Morgan fingerprint density at radius 1 is 0.966 bits per heavy atom. The van der Waals surface area contributed by atoms with Crippen molar-refractivity contribution < 1.29 is 14.7 Å². The van der Waals surface area contributed by atoms with Gasteiger partial charge in [-0.15, -0.1) is 0 Å². The highest BCUT2D eigenvalue weighted by Gasteiger charge is 2.29. The van der Waals surface area contributed by atoms with Gasteiger partial charge in [-0.2, -0.15) is 0 Å². The number of fused-ring (bicyclic) bond motifs is 1. The molecule has 0 atom stereocenters. The predicted molar refractivity (Wildman–Crippen MR) is 113 cm³/mol. The average Bonchev–Trinajstić information content (AvgIpc) is 2.99. The number of carbonyl (C=O) groups excluding carboxylic acids is 1. The Hall–Kier alpha value is -2.86. The van der Waals surface area contributed by atoms with Crippen LogP contribution in [0, 0.1) is 0 Å². The number of aromatic carboxylic acids is 1. The van der Waals surface area contributed by atoms with Gasteiger partial charge in [-0.3, -0.25) is 4.90 Å². The molecule has 2 aliphatic heterocycles. The van der Waals surface area contributed by atoms with E-state index < -0.39 is 5.97 Å². The Kier molecular flexibility index (Phi) is 5.53. The van der Waals surface area contributed by atoms with Gasteiger partial charge < -0.3 is 14.9 Å². The van der Waals surface area contributed by atoms with Crippen molar-refractivity contribution in [1.82, 2.24) is 9.80 Å². The molecule has 2 aromatic carbocycles. The molecule has 2 aromatic rings. The molecule has 6 nitrogen and oxygen atoms in total. The third-order valence-corrected chi connectivity index (χ3v) is 5.99. The molecule has 2 heterocycles. The lowest BCUT2D eigenvalue weighted by molar-refractivity contribution is 0.0697. The molecular weight excluding hydrogens is 366 g/mol. The fraction of sp³-hybridized carbons (Fsp3) is 0.391. The molecule has 2 amide bonds. The second kappa shape index (κ2) is 8.25. The maximum atomic E-state index is 12.9. The monoisotopic (exact) mass is 393 g/mol. The molecule has 6 heteroatoms. The van der Waals surface area contributed by atoms with Crippen molar-refractivity contribution in [3.8, 4) is 0 Å². The predicted octanol–water partition coefficient (Wildman–Crippen LogP) is 2.90. The van der Waals surface area contributed by atoms with Crippen molar-refractivity contribution in [3.05, 3.63) is 64.7 Å². The summed E-state index contributed by atoms with van der Waals surface area (Å²) in [5.74, 6) is -0.922. The molecule has 0 bridgehead atoms. The molecule has 1 saturated heterocycles. The Balaban J connectivity index is 1.39. The van der Waals surface area contributed by atoms with Crippen LogP contribution < -0.4 is 4.90 Å². The molecule has 1 N–H and O–H groups in total. The third kappa shape index (κ3) is 4.27. The van der Waals surface area contributed by atoms with Crippen LogP contribution >= 0.6 is 0 Å². The fourth-order valence-electron chi connectivity index (χ4n) is 4.10. The van der Waals surface area contributed by atoms with E-state index in [-0.39, 0.29) is 11.6 Å². The number of nitrogens with zero attached hydrogens (tertiary/aromatic N) is 3. The number of likely N-dealkylation sites (N-methyl/N-ethyl adjacent to an activating group) is 1. The second-order valence-corrected chi connectivity index (χ2v) is 7.93. The number of urea groups is 1. The number of benzene rings is 2. The number of anilines is 1. The molecular formula is C23H27N3O3. The maximum Gasteiger partial charge on any atom is 0.335 e. The van der Waals surface area contributed by atoms with Gasteiger partial charge in [-0.05, 0) is 67.3 Å². The minimum absolute atomic E-state index is 0.0536. The normalized spacial score (nSPS) is 17.3. The highest BCUT2D eigenvalue weighted by Crippen LogP contribution is 2.26. The van der Waals surface area contributed by atoms with Crippen LogP contribution in [0.25, 0.3) is 0 Å². The van der Waals surface area contributed by atoms with Gasteiger partial charge in [-0.25, -0.2) is 9.59 Å². The molecule has 29 heavy (non-hydrogen) atoms. The van der Waals surface area contributed by atoms with Crippen molar-refractivity contribution in [2.45, 2.75) is 19.3 Å². The number of hydrogen-bond donors (Lipinski definition) is 1.